The van der Waals surface area contributed by atoms with Crippen LogP contribution in [-0.4, -0.2) is 29.4 Å². The standard InChI is InChI=1S/C15H21N3O/c1-12(2)18(10-6-9-16)15(19)14(17)11-13-7-4-3-5-8-13/h3-5,7-8,12,14H,6,10-11,17H2,1-2H3. The van der Waals surface area contributed by atoms with E-state index in [0.717, 1.165) is 5.56 Å². The number of carbonyl (C=O) groups excluding carboxylic acids is 1. The van der Waals surface area contributed by atoms with Crippen LogP contribution in [0.5, 0.6) is 0 Å². The normalized spacial score (nSPS) is 11.9. The summed E-state index contributed by atoms with van der Waals surface area (Å²) in [7, 11) is 0. The Morgan fingerprint density at radius 2 is 2.00 bits per heavy atom. The van der Waals surface area contributed by atoms with E-state index in [1.54, 1.807) is 4.90 Å². The summed E-state index contributed by atoms with van der Waals surface area (Å²) >= 11 is 0. The molecule has 1 rings (SSSR count). The molecule has 4 nitrogen and oxygen atoms in total. The van der Waals surface area contributed by atoms with Gasteiger partial charge in [-0.2, -0.15) is 5.26 Å². The highest BCUT2D eigenvalue weighted by molar-refractivity contribution is 5.82. The summed E-state index contributed by atoms with van der Waals surface area (Å²) in [6, 6.07) is 11.3. The highest BCUT2D eigenvalue weighted by atomic mass is 16.2. The fourth-order valence-corrected chi connectivity index (χ4v) is 1.96. The SMILES string of the molecule is CC(C)N(CCC#N)C(=O)C(N)Cc1ccccc1. The summed E-state index contributed by atoms with van der Waals surface area (Å²) in [6.07, 6.45) is 0.859. The van der Waals surface area contributed by atoms with Gasteiger partial charge < -0.3 is 10.6 Å². The Morgan fingerprint density at radius 3 is 2.53 bits per heavy atom. The molecule has 2 N–H and O–H groups in total. The van der Waals surface area contributed by atoms with Gasteiger partial charge in [-0.05, 0) is 25.8 Å². The molecule has 0 saturated heterocycles. The molecule has 102 valence electrons. The smallest absolute Gasteiger partial charge is 0.240 e. The van der Waals surface area contributed by atoms with Crippen LogP contribution in [0, 0.1) is 11.3 Å². The first-order valence-electron chi connectivity index (χ1n) is 6.53. The number of hydrogen-bond acceptors (Lipinski definition) is 3. The molecule has 0 radical (unpaired) electrons. The Labute approximate surface area is 114 Å². The fourth-order valence-electron chi connectivity index (χ4n) is 1.96. The molecule has 1 aromatic carbocycles. The number of benzene rings is 1. The van der Waals surface area contributed by atoms with E-state index < -0.39 is 6.04 Å². The first kappa shape index (κ1) is 15.2. The van der Waals surface area contributed by atoms with E-state index in [2.05, 4.69) is 6.07 Å². The fraction of sp³-hybridized carbons (Fsp3) is 0.467. The van der Waals surface area contributed by atoms with Gasteiger partial charge in [0.25, 0.3) is 0 Å². The zero-order valence-electron chi connectivity index (χ0n) is 11.5. The maximum absolute atomic E-state index is 12.3. The van der Waals surface area contributed by atoms with Crippen molar-refractivity contribution < 1.29 is 4.79 Å². The zero-order chi connectivity index (χ0) is 14.3. The van der Waals surface area contributed by atoms with Gasteiger partial charge in [0.15, 0.2) is 0 Å². The molecule has 0 spiro atoms. The Balaban J connectivity index is 2.66. The Bertz CT molecular complexity index is 436. The van der Waals surface area contributed by atoms with Crippen LogP contribution >= 0.6 is 0 Å². The lowest BCUT2D eigenvalue weighted by Crippen LogP contribution is -2.48. The van der Waals surface area contributed by atoms with E-state index in [1.165, 1.54) is 0 Å². The van der Waals surface area contributed by atoms with E-state index >= 15 is 0 Å². The highest BCUT2D eigenvalue weighted by Gasteiger charge is 2.22. The zero-order valence-corrected chi connectivity index (χ0v) is 11.5. The van der Waals surface area contributed by atoms with Crippen molar-refractivity contribution in [1.29, 1.82) is 5.26 Å². The topological polar surface area (TPSA) is 70.1 Å². The van der Waals surface area contributed by atoms with Gasteiger partial charge >= 0.3 is 0 Å². The molecule has 0 bridgehead atoms. The van der Waals surface area contributed by atoms with Crippen LogP contribution in [0.4, 0.5) is 0 Å². The third-order valence-electron chi connectivity index (χ3n) is 2.99. The van der Waals surface area contributed by atoms with Gasteiger partial charge in [0.05, 0.1) is 18.5 Å². The van der Waals surface area contributed by atoms with Crippen molar-refractivity contribution in [3.63, 3.8) is 0 Å². The minimum atomic E-state index is -0.552. The molecule has 0 saturated carbocycles. The molecule has 19 heavy (non-hydrogen) atoms. The second kappa shape index (κ2) is 7.55. The third-order valence-corrected chi connectivity index (χ3v) is 2.99. The van der Waals surface area contributed by atoms with E-state index in [9.17, 15) is 4.79 Å². The van der Waals surface area contributed by atoms with Crippen molar-refractivity contribution >= 4 is 5.91 Å². The average molecular weight is 259 g/mol. The average Bonchev–Trinajstić information content (AvgIpc) is 2.39. The second-order valence-electron chi connectivity index (χ2n) is 4.83. The van der Waals surface area contributed by atoms with Crippen LogP contribution < -0.4 is 5.73 Å². The number of carbonyl (C=O) groups is 1. The summed E-state index contributed by atoms with van der Waals surface area (Å²) in [5.74, 6) is -0.0888. The summed E-state index contributed by atoms with van der Waals surface area (Å²) < 4.78 is 0. The van der Waals surface area contributed by atoms with Gasteiger partial charge in [-0.3, -0.25) is 4.79 Å². The van der Waals surface area contributed by atoms with Gasteiger partial charge in [-0.1, -0.05) is 30.3 Å². The molecule has 0 aliphatic rings. The number of hydrogen-bond donors (Lipinski definition) is 1. The molecular formula is C15H21N3O. The Hall–Kier alpha value is -1.86. The summed E-state index contributed by atoms with van der Waals surface area (Å²) in [5, 5.41) is 8.63. The van der Waals surface area contributed by atoms with E-state index in [0.29, 0.717) is 19.4 Å². The van der Waals surface area contributed by atoms with Crippen LogP contribution in [0.2, 0.25) is 0 Å². The molecule has 0 fully saturated rings. The molecule has 0 aliphatic carbocycles. The molecule has 0 aliphatic heterocycles. The van der Waals surface area contributed by atoms with Crippen molar-refractivity contribution in [2.24, 2.45) is 5.73 Å². The number of rotatable bonds is 6. The summed E-state index contributed by atoms with van der Waals surface area (Å²) in [6.45, 7) is 4.31. The maximum Gasteiger partial charge on any atom is 0.240 e. The van der Waals surface area contributed by atoms with Crippen molar-refractivity contribution in [3.05, 3.63) is 35.9 Å². The predicted octanol–water partition coefficient (Wildman–Crippen LogP) is 1.71. The molecular weight excluding hydrogens is 238 g/mol. The summed E-state index contributed by atoms with van der Waals surface area (Å²) in [4.78, 5) is 14.0. The first-order valence-corrected chi connectivity index (χ1v) is 6.53. The molecule has 4 heteroatoms. The van der Waals surface area contributed by atoms with Crippen LogP contribution in [0.25, 0.3) is 0 Å². The number of nitrogens with two attached hydrogens (primary N) is 1. The number of nitriles is 1. The van der Waals surface area contributed by atoms with Gasteiger partial charge in [-0.15, -0.1) is 0 Å². The van der Waals surface area contributed by atoms with Crippen LogP contribution in [0.3, 0.4) is 0 Å². The molecule has 1 atom stereocenters. The van der Waals surface area contributed by atoms with Crippen molar-refractivity contribution in [2.75, 3.05) is 6.54 Å². The van der Waals surface area contributed by atoms with Gasteiger partial charge in [0.2, 0.25) is 5.91 Å². The van der Waals surface area contributed by atoms with Gasteiger partial charge in [0, 0.05) is 12.6 Å². The summed E-state index contributed by atoms with van der Waals surface area (Å²) in [5.41, 5.74) is 7.03. The maximum atomic E-state index is 12.3. The van der Waals surface area contributed by atoms with Crippen LogP contribution in [0.15, 0.2) is 30.3 Å². The van der Waals surface area contributed by atoms with E-state index in [1.807, 2.05) is 44.2 Å². The monoisotopic (exact) mass is 259 g/mol. The second-order valence-corrected chi connectivity index (χ2v) is 4.83. The minimum Gasteiger partial charge on any atom is -0.338 e. The van der Waals surface area contributed by atoms with E-state index in [-0.39, 0.29) is 11.9 Å². The molecule has 1 aromatic rings. The molecule has 1 unspecified atom stereocenters. The Morgan fingerprint density at radius 1 is 1.37 bits per heavy atom. The largest absolute Gasteiger partial charge is 0.338 e. The van der Waals surface area contributed by atoms with Crippen LogP contribution in [0.1, 0.15) is 25.8 Å². The molecule has 0 aromatic heterocycles. The number of nitrogens with zero attached hydrogens (tertiary/aromatic N) is 2. The van der Waals surface area contributed by atoms with Crippen LogP contribution in [-0.2, 0) is 11.2 Å². The lowest BCUT2D eigenvalue weighted by Gasteiger charge is -2.28. The molecule has 0 heterocycles. The lowest BCUT2D eigenvalue weighted by molar-refractivity contribution is -0.134. The predicted molar refractivity (Wildman–Crippen MR) is 75.2 cm³/mol. The van der Waals surface area contributed by atoms with E-state index in [4.69, 9.17) is 11.0 Å². The third kappa shape index (κ3) is 4.72. The van der Waals surface area contributed by atoms with Crippen molar-refractivity contribution in [1.82, 2.24) is 4.90 Å². The molecule has 1 amide bonds. The minimum absolute atomic E-state index is 0.0580. The van der Waals surface area contributed by atoms with Gasteiger partial charge in [-0.25, -0.2) is 0 Å². The van der Waals surface area contributed by atoms with Crippen molar-refractivity contribution in [3.8, 4) is 6.07 Å². The van der Waals surface area contributed by atoms with Crippen molar-refractivity contribution in [2.45, 2.75) is 38.8 Å². The lowest BCUT2D eigenvalue weighted by atomic mass is 10.0. The van der Waals surface area contributed by atoms with Gasteiger partial charge in [0.1, 0.15) is 0 Å². The number of amides is 1. The Kier molecular flexibility index (Phi) is 6.04. The highest BCUT2D eigenvalue weighted by Crippen LogP contribution is 2.07. The first-order chi connectivity index (χ1) is 9.06. The quantitative estimate of drug-likeness (QED) is 0.845.